The van der Waals surface area contributed by atoms with Crippen molar-refractivity contribution in [1.29, 1.82) is 0 Å². The second kappa shape index (κ2) is 3.53. The number of anilines is 1. The predicted octanol–water partition coefficient (Wildman–Crippen LogP) is 2.27. The molecule has 0 atom stereocenters. The highest BCUT2D eigenvalue weighted by molar-refractivity contribution is 5.60. The highest BCUT2D eigenvalue weighted by Crippen LogP contribution is 2.19. The molecule has 1 aliphatic rings. The third kappa shape index (κ3) is 1.67. The molecule has 0 spiro atoms. The highest BCUT2D eigenvalue weighted by atomic mass is 15.1. The molecule has 1 heteroatoms. The predicted molar refractivity (Wildman–Crippen MR) is 55.8 cm³/mol. The highest BCUT2D eigenvalue weighted by Gasteiger charge is 2.05. The summed E-state index contributed by atoms with van der Waals surface area (Å²) in [4.78, 5) is 2.28. The van der Waals surface area contributed by atoms with Crippen LogP contribution in [-0.2, 0) is 0 Å². The van der Waals surface area contributed by atoms with Gasteiger partial charge in [-0.3, -0.25) is 0 Å². The quantitative estimate of drug-likeness (QED) is 0.541. The van der Waals surface area contributed by atoms with Crippen LogP contribution in [0.3, 0.4) is 0 Å². The number of hydrogen-bond donors (Lipinski definition) is 0. The van der Waals surface area contributed by atoms with Gasteiger partial charge in [0.05, 0.1) is 5.69 Å². The molecule has 1 heterocycles. The number of fused-ring (bicyclic) bond motifs is 1. The van der Waals surface area contributed by atoms with Crippen molar-refractivity contribution >= 4 is 5.69 Å². The van der Waals surface area contributed by atoms with Gasteiger partial charge in [-0.1, -0.05) is 24.0 Å². The van der Waals surface area contributed by atoms with E-state index in [0.717, 1.165) is 24.9 Å². The molecule has 1 nitrogen and oxygen atoms in total. The van der Waals surface area contributed by atoms with E-state index in [0.29, 0.717) is 0 Å². The van der Waals surface area contributed by atoms with Crippen LogP contribution < -0.4 is 4.90 Å². The number of rotatable bonds is 0. The van der Waals surface area contributed by atoms with Crippen LogP contribution in [0.2, 0.25) is 0 Å². The molecule has 0 amide bonds. The van der Waals surface area contributed by atoms with E-state index in [1.807, 2.05) is 6.07 Å². The van der Waals surface area contributed by atoms with E-state index in [4.69, 9.17) is 0 Å². The lowest BCUT2D eigenvalue weighted by Crippen LogP contribution is -2.20. The molecule has 13 heavy (non-hydrogen) atoms. The van der Waals surface area contributed by atoms with Crippen LogP contribution in [0.25, 0.3) is 0 Å². The van der Waals surface area contributed by atoms with Crippen LogP contribution in [0.5, 0.6) is 0 Å². The molecule has 0 radical (unpaired) electrons. The minimum Gasteiger partial charge on any atom is -0.374 e. The van der Waals surface area contributed by atoms with Gasteiger partial charge in [-0.15, -0.1) is 0 Å². The van der Waals surface area contributed by atoms with Crippen molar-refractivity contribution in [3.05, 3.63) is 29.8 Å². The maximum Gasteiger partial charge on any atom is 0.0522 e. The average molecular weight is 171 g/mol. The third-order valence-electron chi connectivity index (χ3n) is 2.33. The second-order valence-corrected chi connectivity index (χ2v) is 3.34. The van der Waals surface area contributed by atoms with Crippen molar-refractivity contribution in [3.8, 4) is 11.8 Å². The molecule has 0 bridgehead atoms. The molecule has 0 aromatic heterocycles. The summed E-state index contributed by atoms with van der Waals surface area (Å²) in [5, 5.41) is 0. The van der Waals surface area contributed by atoms with E-state index in [1.54, 1.807) is 0 Å². The lowest BCUT2D eigenvalue weighted by Gasteiger charge is -2.21. The smallest absolute Gasteiger partial charge is 0.0522 e. The number of nitrogens with zero attached hydrogens (tertiary/aromatic N) is 1. The van der Waals surface area contributed by atoms with Gasteiger partial charge < -0.3 is 4.90 Å². The zero-order valence-electron chi connectivity index (χ0n) is 7.88. The van der Waals surface area contributed by atoms with E-state index in [-0.39, 0.29) is 0 Å². The largest absolute Gasteiger partial charge is 0.374 e. The summed E-state index contributed by atoms with van der Waals surface area (Å²) in [7, 11) is 2.13. The van der Waals surface area contributed by atoms with Gasteiger partial charge in [0.15, 0.2) is 0 Å². The Balaban J connectivity index is 2.47. The summed E-state index contributed by atoms with van der Waals surface area (Å²) in [5.41, 5.74) is 2.42. The molecule has 0 aliphatic carbocycles. The fraction of sp³-hybridized carbons (Fsp3) is 0.333. The Labute approximate surface area is 79.4 Å². The first-order chi connectivity index (χ1) is 6.38. The van der Waals surface area contributed by atoms with Gasteiger partial charge >= 0.3 is 0 Å². The Morgan fingerprint density at radius 1 is 1.31 bits per heavy atom. The van der Waals surface area contributed by atoms with Crippen LogP contribution in [0.4, 0.5) is 5.69 Å². The molecule has 0 unspecified atom stereocenters. The summed E-state index contributed by atoms with van der Waals surface area (Å²) >= 11 is 0. The molecule has 66 valence electrons. The molecule has 1 aromatic carbocycles. The molecule has 1 aliphatic heterocycles. The van der Waals surface area contributed by atoms with E-state index in [1.165, 1.54) is 5.69 Å². The lowest BCUT2D eigenvalue weighted by atomic mass is 10.1. The van der Waals surface area contributed by atoms with Crippen molar-refractivity contribution in [2.24, 2.45) is 0 Å². The minimum absolute atomic E-state index is 1.01. The van der Waals surface area contributed by atoms with Gasteiger partial charge in [0.25, 0.3) is 0 Å². The summed E-state index contributed by atoms with van der Waals surface area (Å²) in [6.07, 6.45) is 2.18. The topological polar surface area (TPSA) is 3.24 Å². The SMILES string of the molecule is CN1CCCC#Cc2ccccc21. The first kappa shape index (κ1) is 8.19. The fourth-order valence-electron chi connectivity index (χ4n) is 1.59. The van der Waals surface area contributed by atoms with Crippen LogP contribution in [0, 0.1) is 11.8 Å². The maximum atomic E-state index is 3.20. The Hall–Kier alpha value is -1.42. The number of hydrogen-bond acceptors (Lipinski definition) is 1. The van der Waals surface area contributed by atoms with Gasteiger partial charge in [0.1, 0.15) is 0 Å². The summed E-state index contributed by atoms with van der Waals surface area (Å²) in [5.74, 6) is 6.39. The van der Waals surface area contributed by atoms with Crippen molar-refractivity contribution in [2.45, 2.75) is 12.8 Å². The van der Waals surface area contributed by atoms with Crippen LogP contribution in [0.15, 0.2) is 24.3 Å². The molecule has 1 aromatic rings. The van der Waals surface area contributed by atoms with E-state index >= 15 is 0 Å². The Bertz CT molecular complexity index is 357. The zero-order chi connectivity index (χ0) is 9.10. The van der Waals surface area contributed by atoms with Crippen molar-refractivity contribution < 1.29 is 0 Å². The molecular formula is C12H13N. The second-order valence-electron chi connectivity index (χ2n) is 3.34. The van der Waals surface area contributed by atoms with Gasteiger partial charge in [0, 0.05) is 25.6 Å². The zero-order valence-corrected chi connectivity index (χ0v) is 7.88. The molecule has 0 N–H and O–H groups in total. The van der Waals surface area contributed by atoms with Gasteiger partial charge in [-0.05, 0) is 18.6 Å². The Kier molecular flexibility index (Phi) is 2.23. The van der Waals surface area contributed by atoms with Crippen LogP contribution in [0.1, 0.15) is 18.4 Å². The van der Waals surface area contributed by atoms with Crippen molar-refractivity contribution in [3.63, 3.8) is 0 Å². The van der Waals surface area contributed by atoms with Gasteiger partial charge in [-0.25, -0.2) is 0 Å². The van der Waals surface area contributed by atoms with Crippen molar-refractivity contribution in [1.82, 2.24) is 0 Å². The minimum atomic E-state index is 1.01. The molecule has 2 rings (SSSR count). The van der Waals surface area contributed by atoms with Crippen molar-refractivity contribution in [2.75, 3.05) is 18.5 Å². The molecule has 0 saturated carbocycles. The molecular weight excluding hydrogens is 158 g/mol. The Morgan fingerprint density at radius 2 is 2.15 bits per heavy atom. The number of para-hydroxylation sites is 1. The Morgan fingerprint density at radius 3 is 3.08 bits per heavy atom. The van der Waals surface area contributed by atoms with E-state index in [9.17, 15) is 0 Å². The maximum absolute atomic E-state index is 3.20. The first-order valence-corrected chi connectivity index (χ1v) is 4.67. The summed E-state index contributed by atoms with van der Waals surface area (Å²) in [6.45, 7) is 1.10. The van der Waals surface area contributed by atoms with Gasteiger partial charge in [0.2, 0.25) is 0 Å². The monoisotopic (exact) mass is 171 g/mol. The van der Waals surface area contributed by atoms with Crippen LogP contribution in [-0.4, -0.2) is 13.6 Å². The first-order valence-electron chi connectivity index (χ1n) is 4.67. The fourth-order valence-corrected chi connectivity index (χ4v) is 1.59. The standard InChI is InChI=1S/C12H13N/c1-13-10-6-2-3-7-11-8-4-5-9-12(11)13/h4-5,8-9H,2,6,10H2,1H3. The van der Waals surface area contributed by atoms with Gasteiger partial charge in [-0.2, -0.15) is 0 Å². The summed E-state index contributed by atoms with van der Waals surface area (Å²) < 4.78 is 0. The molecule has 0 fully saturated rings. The van der Waals surface area contributed by atoms with E-state index < -0.39 is 0 Å². The third-order valence-corrected chi connectivity index (χ3v) is 2.33. The van der Waals surface area contributed by atoms with E-state index in [2.05, 4.69) is 42.0 Å². The molecule has 0 saturated heterocycles. The average Bonchev–Trinajstić information content (AvgIpc) is 2.14. The normalized spacial score (nSPS) is 15.0. The summed E-state index contributed by atoms with van der Waals surface area (Å²) in [6, 6.07) is 8.33. The van der Waals surface area contributed by atoms with Crippen LogP contribution >= 0.6 is 0 Å². The lowest BCUT2D eigenvalue weighted by molar-refractivity contribution is 0.807. The number of benzene rings is 1.